The highest BCUT2D eigenvalue weighted by Gasteiger charge is 2.39. The maximum absolute atomic E-state index is 13.1. The minimum Gasteiger partial charge on any atom is -0.463 e. The van der Waals surface area contributed by atoms with Crippen molar-refractivity contribution in [2.45, 2.75) is 19.8 Å². The second-order valence-corrected chi connectivity index (χ2v) is 9.50. The highest BCUT2D eigenvalue weighted by Crippen LogP contribution is 2.40. The van der Waals surface area contributed by atoms with Crippen molar-refractivity contribution in [3.8, 4) is 0 Å². The number of benzene rings is 1. The zero-order valence-electron chi connectivity index (χ0n) is 19.1. The molecule has 0 bridgehead atoms. The van der Waals surface area contributed by atoms with E-state index in [2.05, 4.69) is 21.9 Å². The number of hydrogen-bond acceptors (Lipinski definition) is 8. The van der Waals surface area contributed by atoms with Crippen LogP contribution in [-0.4, -0.2) is 51.5 Å². The molecule has 1 unspecified atom stereocenters. The maximum Gasteiger partial charge on any atom is 0.337 e. The van der Waals surface area contributed by atoms with Crippen LogP contribution in [0.15, 0.2) is 59.5 Å². The third-order valence-electron chi connectivity index (χ3n) is 4.66. The van der Waals surface area contributed by atoms with Crippen molar-refractivity contribution in [2.75, 3.05) is 30.7 Å². The highest BCUT2D eigenvalue weighted by atomic mass is 32.2. The number of ether oxygens (including phenoxy) is 2. The molecule has 0 aromatic heterocycles. The predicted octanol–water partition coefficient (Wildman–Crippen LogP) is 1.40. The number of carbonyl (C=O) groups is 2. The number of hydrogen-bond donors (Lipinski definition) is 4. The van der Waals surface area contributed by atoms with Gasteiger partial charge in [0.05, 0.1) is 36.5 Å². The normalized spacial score (nSPS) is 15.8. The van der Waals surface area contributed by atoms with Gasteiger partial charge in [0, 0.05) is 17.1 Å². The van der Waals surface area contributed by atoms with Gasteiger partial charge in [-0.1, -0.05) is 24.8 Å². The Morgan fingerprint density at radius 2 is 1.94 bits per heavy atom. The predicted molar refractivity (Wildman–Crippen MR) is 133 cm³/mol. The molecule has 5 N–H and O–H groups in total. The van der Waals surface area contributed by atoms with Crippen molar-refractivity contribution < 1.29 is 27.5 Å². The summed E-state index contributed by atoms with van der Waals surface area (Å²) < 4.78 is 36.5. The second kappa shape index (κ2) is 11.7. The monoisotopic (exact) mass is 508 g/mol. The van der Waals surface area contributed by atoms with E-state index in [1.807, 2.05) is 0 Å². The molecule has 0 saturated heterocycles. The summed E-state index contributed by atoms with van der Waals surface area (Å²) in [4.78, 5) is 26.2. The molecule has 1 aromatic rings. The third kappa shape index (κ3) is 7.06. The Balaban J connectivity index is 2.74. The van der Waals surface area contributed by atoms with Crippen LogP contribution in [0.5, 0.6) is 0 Å². The molecule has 1 aromatic carbocycles. The maximum atomic E-state index is 13.1. The lowest BCUT2D eigenvalue weighted by Gasteiger charge is -2.32. The molecule has 0 amide bonds. The van der Waals surface area contributed by atoms with Crippen molar-refractivity contribution >= 4 is 45.0 Å². The topological polar surface area (TPSA) is 149 Å². The van der Waals surface area contributed by atoms with Gasteiger partial charge in [0.1, 0.15) is 6.61 Å². The van der Waals surface area contributed by atoms with E-state index in [-0.39, 0.29) is 41.7 Å². The number of thiocarbonyl (C=S) groups is 1. The van der Waals surface area contributed by atoms with E-state index in [0.717, 1.165) is 6.26 Å². The quantitative estimate of drug-likeness (QED) is 0.208. The molecule has 0 aliphatic carbocycles. The second-order valence-electron chi connectivity index (χ2n) is 7.31. The van der Waals surface area contributed by atoms with Crippen molar-refractivity contribution in [2.24, 2.45) is 5.73 Å². The van der Waals surface area contributed by atoms with E-state index in [1.165, 1.54) is 6.08 Å². The number of esters is 2. The van der Waals surface area contributed by atoms with E-state index < -0.39 is 27.9 Å². The molecule has 1 aliphatic rings. The minimum absolute atomic E-state index is 0.0197. The fraction of sp³-hybridized carbons (Fsp3) is 0.318. The number of nitrogens with two attached hydrogens (primary N) is 1. The number of dihydropyridines is 1. The van der Waals surface area contributed by atoms with Crippen LogP contribution >= 0.6 is 12.2 Å². The van der Waals surface area contributed by atoms with Gasteiger partial charge >= 0.3 is 11.9 Å². The molecule has 1 atom stereocenters. The first kappa shape index (κ1) is 26.9. The molecule has 0 fully saturated rings. The van der Waals surface area contributed by atoms with Gasteiger partial charge in [0.25, 0.3) is 0 Å². The van der Waals surface area contributed by atoms with Crippen LogP contribution in [0.3, 0.4) is 0 Å². The van der Waals surface area contributed by atoms with Gasteiger partial charge in [-0.3, -0.25) is 4.72 Å². The van der Waals surface area contributed by atoms with Gasteiger partial charge in [0.2, 0.25) is 10.0 Å². The number of nitrogens with one attached hydrogen (secondary N) is 3. The first-order valence-electron chi connectivity index (χ1n) is 10.3. The molecule has 0 saturated carbocycles. The van der Waals surface area contributed by atoms with Gasteiger partial charge in [-0.2, -0.15) is 0 Å². The van der Waals surface area contributed by atoms with Crippen LogP contribution in [-0.2, 0) is 29.1 Å². The van der Waals surface area contributed by atoms with Crippen LogP contribution in [0, 0.1) is 0 Å². The minimum atomic E-state index is -3.56. The van der Waals surface area contributed by atoms with Crippen molar-refractivity contribution in [1.82, 2.24) is 10.6 Å². The van der Waals surface area contributed by atoms with E-state index in [1.54, 1.807) is 38.1 Å². The van der Waals surface area contributed by atoms with Crippen molar-refractivity contribution in [1.29, 1.82) is 0 Å². The molecular weight excluding hydrogens is 480 g/mol. The Labute approximate surface area is 204 Å². The number of sulfonamides is 1. The lowest BCUT2D eigenvalue weighted by molar-refractivity contribution is -0.139. The molecule has 2 rings (SSSR count). The SMILES string of the molecule is C=CCOC(=O)C1=C(C)NC(CNC(N)=S)=C(C(=O)OCC)C1c1cccc(NS(C)(=O)=O)c1. The van der Waals surface area contributed by atoms with E-state index in [4.69, 9.17) is 27.4 Å². The summed E-state index contributed by atoms with van der Waals surface area (Å²) in [6.07, 6.45) is 2.45. The molecule has 184 valence electrons. The molecule has 0 radical (unpaired) electrons. The lowest BCUT2D eigenvalue weighted by atomic mass is 9.80. The van der Waals surface area contributed by atoms with Crippen molar-refractivity contribution in [3.63, 3.8) is 0 Å². The van der Waals surface area contributed by atoms with Gasteiger partial charge < -0.3 is 25.8 Å². The zero-order valence-corrected chi connectivity index (χ0v) is 20.8. The molecule has 1 heterocycles. The van der Waals surface area contributed by atoms with Gasteiger partial charge in [-0.15, -0.1) is 0 Å². The van der Waals surface area contributed by atoms with Gasteiger partial charge in [0.15, 0.2) is 5.11 Å². The van der Waals surface area contributed by atoms with Crippen LogP contribution in [0.4, 0.5) is 5.69 Å². The van der Waals surface area contributed by atoms with E-state index >= 15 is 0 Å². The fourth-order valence-electron chi connectivity index (χ4n) is 3.47. The molecule has 0 spiro atoms. The Bertz CT molecular complexity index is 1160. The first-order valence-corrected chi connectivity index (χ1v) is 12.6. The summed E-state index contributed by atoms with van der Waals surface area (Å²) in [6.45, 7) is 7.00. The van der Waals surface area contributed by atoms with Crippen molar-refractivity contribution in [3.05, 3.63) is 65.0 Å². The smallest absolute Gasteiger partial charge is 0.337 e. The fourth-order valence-corrected chi connectivity index (χ4v) is 4.10. The molecule has 10 nitrogen and oxygen atoms in total. The standard InChI is InChI=1S/C22H28N4O6S2/c1-5-10-32-20(27)17-13(3)25-16(12-24-22(23)33)19(21(28)31-6-2)18(17)14-8-7-9-15(11-14)26-34(4,29)30/h5,7-9,11,18,25-26H,1,6,10,12H2,2-4H3,(H3,23,24,33). The van der Waals surface area contributed by atoms with Gasteiger partial charge in [-0.05, 0) is 43.8 Å². The van der Waals surface area contributed by atoms with Crippen LogP contribution < -0.4 is 21.1 Å². The zero-order chi connectivity index (χ0) is 25.5. The molecule has 34 heavy (non-hydrogen) atoms. The van der Waals surface area contributed by atoms with Crippen LogP contribution in [0.2, 0.25) is 0 Å². The summed E-state index contributed by atoms with van der Waals surface area (Å²) >= 11 is 4.89. The Hall–Kier alpha value is -3.38. The highest BCUT2D eigenvalue weighted by molar-refractivity contribution is 7.92. The van der Waals surface area contributed by atoms with E-state index in [0.29, 0.717) is 17.0 Å². The van der Waals surface area contributed by atoms with E-state index in [9.17, 15) is 18.0 Å². The summed E-state index contributed by atoms with van der Waals surface area (Å²) in [7, 11) is -3.56. The average molecular weight is 509 g/mol. The molecule has 1 aliphatic heterocycles. The number of rotatable bonds is 10. The molecular formula is C22H28N4O6S2. The Morgan fingerprint density at radius 3 is 2.53 bits per heavy atom. The molecule has 12 heteroatoms. The van der Waals surface area contributed by atoms with Crippen LogP contribution in [0.1, 0.15) is 25.3 Å². The lowest BCUT2D eigenvalue weighted by Crippen LogP contribution is -2.39. The van der Waals surface area contributed by atoms with Gasteiger partial charge in [-0.25, -0.2) is 18.0 Å². The number of anilines is 1. The summed E-state index contributed by atoms with van der Waals surface area (Å²) in [5.41, 5.74) is 7.45. The average Bonchev–Trinajstić information content (AvgIpc) is 2.74. The summed E-state index contributed by atoms with van der Waals surface area (Å²) in [5.74, 6) is -2.26. The summed E-state index contributed by atoms with van der Waals surface area (Å²) in [6, 6.07) is 6.39. The number of carbonyl (C=O) groups excluding carboxylic acids is 2. The summed E-state index contributed by atoms with van der Waals surface area (Å²) in [5, 5.41) is 5.88. The third-order valence-corrected chi connectivity index (χ3v) is 5.41. The Kier molecular flexibility index (Phi) is 9.21. The van der Waals surface area contributed by atoms with Crippen LogP contribution in [0.25, 0.3) is 0 Å². The largest absolute Gasteiger partial charge is 0.463 e. The first-order chi connectivity index (χ1) is 16.0. The number of allylic oxidation sites excluding steroid dienone is 1. The Morgan fingerprint density at radius 1 is 1.26 bits per heavy atom.